The van der Waals surface area contributed by atoms with Gasteiger partial charge in [-0.25, -0.2) is 0 Å². The third kappa shape index (κ3) is 2.26. The van der Waals surface area contributed by atoms with E-state index in [1.54, 1.807) is 0 Å². The van der Waals surface area contributed by atoms with Gasteiger partial charge in [0, 0.05) is 12.3 Å². The maximum atomic E-state index is 10.9. The maximum Gasteiger partial charge on any atom is 0.101 e. The van der Waals surface area contributed by atoms with Crippen molar-refractivity contribution in [2.24, 2.45) is 5.92 Å². The van der Waals surface area contributed by atoms with Gasteiger partial charge in [0.15, 0.2) is 0 Å². The van der Waals surface area contributed by atoms with Crippen LogP contribution in [0.4, 0.5) is 0 Å². The van der Waals surface area contributed by atoms with Crippen LogP contribution in [0.5, 0.6) is 0 Å². The highest BCUT2D eigenvalue weighted by atomic mass is 16.5. The largest absolute Gasteiger partial charge is 0.390 e. The number of allylic oxidation sites excluding steroid dienone is 1. The Hall–Kier alpha value is -0.380. The Morgan fingerprint density at radius 2 is 1.95 bits per heavy atom. The summed E-state index contributed by atoms with van der Waals surface area (Å²) in [4.78, 5) is 0. The first kappa shape index (κ1) is 13.6. The molecular formula is C16H26O3. The van der Waals surface area contributed by atoms with Gasteiger partial charge >= 0.3 is 0 Å². The molecule has 0 bridgehead atoms. The fourth-order valence-corrected chi connectivity index (χ4v) is 4.41. The van der Waals surface area contributed by atoms with Gasteiger partial charge in [0.2, 0.25) is 0 Å². The molecule has 1 saturated heterocycles. The van der Waals surface area contributed by atoms with Gasteiger partial charge in [0.1, 0.15) is 6.10 Å². The second kappa shape index (κ2) is 4.57. The standard InChI is InChI=1S/C16H26O3/c1-11-6-7-12-14(13(11)17)19-16(10-15(12,2)18)8-4-3-5-9-16/h6,12-14,17-18H,3-5,7-10H2,1-2H3. The summed E-state index contributed by atoms with van der Waals surface area (Å²) in [6, 6.07) is 0. The molecule has 3 nitrogen and oxygen atoms in total. The van der Waals surface area contributed by atoms with E-state index in [9.17, 15) is 10.2 Å². The minimum absolute atomic E-state index is 0.0266. The van der Waals surface area contributed by atoms with E-state index in [0.29, 0.717) is 0 Å². The second-order valence-corrected chi connectivity index (χ2v) is 7.10. The zero-order valence-electron chi connectivity index (χ0n) is 12.1. The second-order valence-electron chi connectivity index (χ2n) is 7.10. The van der Waals surface area contributed by atoms with Gasteiger partial charge in [-0.05, 0) is 38.7 Å². The highest BCUT2D eigenvalue weighted by molar-refractivity contribution is 5.18. The third-order valence-electron chi connectivity index (χ3n) is 5.50. The molecule has 4 atom stereocenters. The van der Waals surface area contributed by atoms with Crippen molar-refractivity contribution >= 4 is 0 Å². The van der Waals surface area contributed by atoms with Crippen LogP contribution in [0.3, 0.4) is 0 Å². The molecule has 0 radical (unpaired) electrons. The Morgan fingerprint density at radius 1 is 1.26 bits per heavy atom. The van der Waals surface area contributed by atoms with E-state index in [1.807, 2.05) is 13.8 Å². The van der Waals surface area contributed by atoms with Gasteiger partial charge in [-0.1, -0.05) is 25.3 Å². The van der Waals surface area contributed by atoms with Gasteiger partial charge in [0.25, 0.3) is 0 Å². The van der Waals surface area contributed by atoms with Gasteiger partial charge in [0.05, 0.1) is 17.3 Å². The summed E-state index contributed by atoms with van der Waals surface area (Å²) in [5.41, 5.74) is 0.0739. The lowest BCUT2D eigenvalue weighted by Crippen LogP contribution is -2.61. The Labute approximate surface area is 115 Å². The van der Waals surface area contributed by atoms with E-state index >= 15 is 0 Å². The van der Waals surface area contributed by atoms with E-state index in [2.05, 4.69) is 6.08 Å². The van der Waals surface area contributed by atoms with Crippen molar-refractivity contribution in [3.63, 3.8) is 0 Å². The lowest BCUT2D eigenvalue weighted by atomic mass is 9.65. The van der Waals surface area contributed by atoms with Gasteiger partial charge in [-0.2, -0.15) is 0 Å². The van der Waals surface area contributed by atoms with E-state index < -0.39 is 11.7 Å². The van der Waals surface area contributed by atoms with Crippen molar-refractivity contribution in [1.29, 1.82) is 0 Å². The smallest absolute Gasteiger partial charge is 0.101 e. The highest BCUT2D eigenvalue weighted by Gasteiger charge is 2.54. The maximum absolute atomic E-state index is 10.9. The molecule has 0 aromatic heterocycles. The van der Waals surface area contributed by atoms with Crippen LogP contribution >= 0.6 is 0 Å². The minimum Gasteiger partial charge on any atom is -0.390 e. The van der Waals surface area contributed by atoms with Crippen molar-refractivity contribution in [3.05, 3.63) is 11.6 Å². The molecular weight excluding hydrogens is 240 g/mol. The van der Waals surface area contributed by atoms with Gasteiger partial charge in [-0.3, -0.25) is 0 Å². The zero-order valence-corrected chi connectivity index (χ0v) is 12.1. The Morgan fingerprint density at radius 3 is 2.63 bits per heavy atom. The molecule has 1 heterocycles. The third-order valence-corrected chi connectivity index (χ3v) is 5.50. The van der Waals surface area contributed by atoms with Crippen LogP contribution in [0.25, 0.3) is 0 Å². The van der Waals surface area contributed by atoms with E-state index in [4.69, 9.17) is 4.74 Å². The minimum atomic E-state index is -0.724. The van der Waals surface area contributed by atoms with Crippen LogP contribution in [0.1, 0.15) is 58.8 Å². The predicted molar refractivity (Wildman–Crippen MR) is 73.8 cm³/mol. The Kier molecular flexibility index (Phi) is 3.27. The van der Waals surface area contributed by atoms with Crippen molar-refractivity contribution in [3.8, 4) is 0 Å². The number of rotatable bonds is 0. The van der Waals surface area contributed by atoms with Crippen LogP contribution in [0, 0.1) is 5.92 Å². The van der Waals surface area contributed by atoms with Crippen molar-refractivity contribution < 1.29 is 14.9 Å². The number of aliphatic hydroxyl groups excluding tert-OH is 1. The summed E-state index contributed by atoms with van der Waals surface area (Å²) in [7, 11) is 0. The Bertz CT molecular complexity index is 379. The normalized spacial score (nSPS) is 45.7. The zero-order chi connectivity index (χ0) is 13.7. The van der Waals surface area contributed by atoms with Crippen LogP contribution in [0.2, 0.25) is 0 Å². The first-order valence-corrected chi connectivity index (χ1v) is 7.69. The predicted octanol–water partition coefficient (Wildman–Crippen LogP) is 2.56. The molecule has 3 aliphatic rings. The monoisotopic (exact) mass is 266 g/mol. The molecule has 0 aromatic carbocycles. The Balaban J connectivity index is 1.90. The van der Waals surface area contributed by atoms with Crippen LogP contribution < -0.4 is 0 Å². The summed E-state index contributed by atoms with van der Waals surface area (Å²) in [6.07, 6.45) is 8.50. The summed E-state index contributed by atoms with van der Waals surface area (Å²) in [5.74, 6) is 0.0266. The molecule has 1 aliphatic heterocycles. The molecule has 1 saturated carbocycles. The van der Waals surface area contributed by atoms with Crippen LogP contribution in [0.15, 0.2) is 11.6 Å². The highest BCUT2D eigenvalue weighted by Crippen LogP contribution is 2.50. The number of fused-ring (bicyclic) bond motifs is 1. The molecule has 4 unspecified atom stereocenters. The lowest BCUT2D eigenvalue weighted by molar-refractivity contribution is -0.255. The summed E-state index contributed by atoms with van der Waals surface area (Å²) >= 11 is 0. The number of aliphatic hydroxyl groups is 2. The first-order valence-electron chi connectivity index (χ1n) is 7.69. The molecule has 0 aromatic rings. The molecule has 1 spiro atoms. The molecule has 3 heteroatoms. The van der Waals surface area contributed by atoms with Gasteiger partial charge in [-0.15, -0.1) is 0 Å². The SMILES string of the molecule is CC1=CCC2C(OC3(CCCCC3)CC2(C)O)C1O. The fraction of sp³-hybridized carbons (Fsp3) is 0.875. The topological polar surface area (TPSA) is 49.7 Å². The average molecular weight is 266 g/mol. The molecule has 2 N–H and O–H groups in total. The molecule has 108 valence electrons. The lowest BCUT2D eigenvalue weighted by Gasteiger charge is -2.55. The van der Waals surface area contributed by atoms with E-state index in [1.165, 1.54) is 19.3 Å². The summed E-state index contributed by atoms with van der Waals surface area (Å²) < 4.78 is 6.39. The van der Waals surface area contributed by atoms with Crippen LogP contribution in [-0.4, -0.2) is 33.6 Å². The fourth-order valence-electron chi connectivity index (χ4n) is 4.41. The molecule has 2 aliphatic carbocycles. The molecule has 19 heavy (non-hydrogen) atoms. The number of ether oxygens (including phenoxy) is 1. The van der Waals surface area contributed by atoms with E-state index in [0.717, 1.165) is 31.3 Å². The summed E-state index contributed by atoms with van der Waals surface area (Å²) in [5, 5.41) is 21.3. The number of hydrogen-bond acceptors (Lipinski definition) is 3. The van der Waals surface area contributed by atoms with Gasteiger partial charge < -0.3 is 14.9 Å². The molecule has 3 rings (SSSR count). The van der Waals surface area contributed by atoms with Crippen molar-refractivity contribution in [2.45, 2.75) is 82.2 Å². The first-order chi connectivity index (χ1) is 8.94. The molecule has 2 fully saturated rings. The average Bonchev–Trinajstić information content (AvgIpc) is 2.34. The van der Waals surface area contributed by atoms with E-state index in [-0.39, 0.29) is 17.6 Å². The quantitative estimate of drug-likeness (QED) is 0.662. The van der Waals surface area contributed by atoms with Crippen molar-refractivity contribution in [2.75, 3.05) is 0 Å². The van der Waals surface area contributed by atoms with Crippen LogP contribution in [-0.2, 0) is 4.74 Å². The molecule has 0 amide bonds. The number of hydrogen-bond donors (Lipinski definition) is 2. The summed E-state index contributed by atoms with van der Waals surface area (Å²) in [6.45, 7) is 3.89. The van der Waals surface area contributed by atoms with Crippen molar-refractivity contribution in [1.82, 2.24) is 0 Å².